The summed E-state index contributed by atoms with van der Waals surface area (Å²) in [6.45, 7) is -0.304. The number of nitrogens with one attached hydrogen (secondary N) is 1. The van der Waals surface area contributed by atoms with Gasteiger partial charge in [0.2, 0.25) is 0 Å². The van der Waals surface area contributed by atoms with E-state index in [1.165, 1.54) is 25.3 Å². The number of sulfone groups is 1. The van der Waals surface area contributed by atoms with Gasteiger partial charge < -0.3 is 20.5 Å². The molecule has 1 saturated heterocycles. The van der Waals surface area contributed by atoms with Crippen LogP contribution in [0.5, 0.6) is 11.5 Å². The number of hydrogen-bond donors (Lipinski definition) is 2. The van der Waals surface area contributed by atoms with Gasteiger partial charge in [-0.25, -0.2) is 8.42 Å². The highest BCUT2D eigenvalue weighted by molar-refractivity contribution is 7.91. The minimum absolute atomic E-state index is 0.0460. The Morgan fingerprint density at radius 2 is 2.09 bits per heavy atom. The lowest BCUT2D eigenvalue weighted by atomic mass is 10.1. The molecule has 0 bridgehead atoms. The van der Waals surface area contributed by atoms with E-state index in [1.54, 1.807) is 0 Å². The van der Waals surface area contributed by atoms with Crippen molar-refractivity contribution in [2.75, 3.05) is 25.2 Å². The zero-order chi connectivity index (χ0) is 17.0. The molecule has 1 fully saturated rings. The first kappa shape index (κ1) is 17.1. The van der Waals surface area contributed by atoms with Gasteiger partial charge in [-0.05, 0) is 24.6 Å². The fourth-order valence-corrected chi connectivity index (χ4v) is 3.93. The van der Waals surface area contributed by atoms with Crippen LogP contribution < -0.4 is 20.5 Å². The standard InChI is InChI=1S/C14H18N2O6S/c1-21-12-6-9(2-3-11(12)22-7-13(15)17)14(18)16-10-4-5-23(19,20)8-10/h2-3,6,10H,4-5,7-8H2,1H3,(H2,15,17)(H,16,18). The molecule has 126 valence electrons. The maximum absolute atomic E-state index is 12.2. The molecule has 0 radical (unpaired) electrons. The number of benzene rings is 1. The molecule has 0 aliphatic carbocycles. The number of methoxy groups -OCH3 is 1. The Kier molecular flexibility index (Phi) is 5.09. The van der Waals surface area contributed by atoms with Crippen molar-refractivity contribution in [1.82, 2.24) is 5.32 Å². The molecule has 2 amide bonds. The van der Waals surface area contributed by atoms with Crippen LogP contribution in [0.25, 0.3) is 0 Å². The van der Waals surface area contributed by atoms with Gasteiger partial charge in [0, 0.05) is 11.6 Å². The van der Waals surface area contributed by atoms with Crippen molar-refractivity contribution in [2.24, 2.45) is 5.73 Å². The van der Waals surface area contributed by atoms with Crippen LogP contribution in [-0.2, 0) is 14.6 Å². The number of primary amides is 1. The largest absolute Gasteiger partial charge is 0.493 e. The normalized spacial score (nSPS) is 19.1. The molecule has 23 heavy (non-hydrogen) atoms. The van der Waals surface area contributed by atoms with Crippen LogP contribution in [0.4, 0.5) is 0 Å². The van der Waals surface area contributed by atoms with Crippen molar-refractivity contribution in [2.45, 2.75) is 12.5 Å². The maximum Gasteiger partial charge on any atom is 0.255 e. The summed E-state index contributed by atoms with van der Waals surface area (Å²) in [4.78, 5) is 22.9. The zero-order valence-electron chi connectivity index (χ0n) is 12.6. The van der Waals surface area contributed by atoms with E-state index < -0.39 is 21.7 Å². The quantitative estimate of drug-likeness (QED) is 0.716. The van der Waals surface area contributed by atoms with E-state index in [9.17, 15) is 18.0 Å². The number of hydrogen-bond acceptors (Lipinski definition) is 6. The van der Waals surface area contributed by atoms with Gasteiger partial charge in [0.1, 0.15) is 0 Å². The van der Waals surface area contributed by atoms with Crippen molar-refractivity contribution >= 4 is 21.7 Å². The van der Waals surface area contributed by atoms with Crippen LogP contribution in [0.2, 0.25) is 0 Å². The van der Waals surface area contributed by atoms with Gasteiger partial charge in [-0.1, -0.05) is 0 Å². The Bertz CT molecular complexity index is 716. The summed E-state index contributed by atoms with van der Waals surface area (Å²) in [5, 5.41) is 2.68. The topological polar surface area (TPSA) is 125 Å². The van der Waals surface area contributed by atoms with E-state index >= 15 is 0 Å². The van der Waals surface area contributed by atoms with E-state index in [0.29, 0.717) is 12.0 Å². The third-order valence-electron chi connectivity index (χ3n) is 3.36. The third-order valence-corrected chi connectivity index (χ3v) is 5.13. The number of carbonyl (C=O) groups is 2. The third kappa shape index (κ3) is 4.59. The Hall–Kier alpha value is -2.29. The number of ether oxygens (including phenoxy) is 2. The first-order valence-electron chi connectivity index (χ1n) is 6.91. The van der Waals surface area contributed by atoms with Crippen LogP contribution in [0.15, 0.2) is 18.2 Å². The van der Waals surface area contributed by atoms with E-state index in [2.05, 4.69) is 5.32 Å². The average Bonchev–Trinajstić information content (AvgIpc) is 2.83. The van der Waals surface area contributed by atoms with Gasteiger partial charge in [0.15, 0.2) is 27.9 Å². The molecule has 1 atom stereocenters. The summed E-state index contributed by atoms with van der Waals surface area (Å²) in [5.74, 6) is -0.427. The minimum Gasteiger partial charge on any atom is -0.493 e. The summed E-state index contributed by atoms with van der Waals surface area (Å²) in [5.41, 5.74) is 5.31. The molecule has 0 aromatic heterocycles. The van der Waals surface area contributed by atoms with Crippen LogP contribution in [0.3, 0.4) is 0 Å². The Labute approximate surface area is 133 Å². The molecule has 8 nitrogen and oxygen atoms in total. The number of rotatable bonds is 6. The average molecular weight is 342 g/mol. The highest BCUT2D eigenvalue weighted by Gasteiger charge is 2.29. The highest BCUT2D eigenvalue weighted by atomic mass is 32.2. The summed E-state index contributed by atoms with van der Waals surface area (Å²) < 4.78 is 33.1. The number of carbonyl (C=O) groups excluding carboxylic acids is 2. The van der Waals surface area contributed by atoms with Gasteiger partial charge in [0.05, 0.1) is 18.6 Å². The van der Waals surface area contributed by atoms with Gasteiger partial charge in [-0.3, -0.25) is 9.59 Å². The van der Waals surface area contributed by atoms with Gasteiger partial charge >= 0.3 is 0 Å². The Morgan fingerprint density at radius 3 is 2.65 bits per heavy atom. The van der Waals surface area contributed by atoms with E-state index in [0.717, 1.165) is 0 Å². The smallest absolute Gasteiger partial charge is 0.255 e. The van der Waals surface area contributed by atoms with Gasteiger partial charge in [-0.15, -0.1) is 0 Å². The van der Waals surface area contributed by atoms with Crippen molar-refractivity contribution in [3.05, 3.63) is 23.8 Å². The Morgan fingerprint density at radius 1 is 1.35 bits per heavy atom. The molecular weight excluding hydrogens is 324 g/mol. The van der Waals surface area contributed by atoms with Crippen molar-refractivity contribution < 1.29 is 27.5 Å². The van der Waals surface area contributed by atoms with Crippen LogP contribution in [-0.4, -0.2) is 51.5 Å². The molecule has 0 spiro atoms. The van der Waals surface area contributed by atoms with Crippen molar-refractivity contribution in [3.8, 4) is 11.5 Å². The second-order valence-corrected chi connectivity index (χ2v) is 7.42. The number of amides is 2. The highest BCUT2D eigenvalue weighted by Crippen LogP contribution is 2.28. The lowest BCUT2D eigenvalue weighted by Gasteiger charge is -2.13. The van der Waals surface area contributed by atoms with Gasteiger partial charge in [-0.2, -0.15) is 0 Å². The molecule has 3 N–H and O–H groups in total. The molecule has 0 saturated carbocycles. The molecule has 1 aromatic carbocycles. The fourth-order valence-electron chi connectivity index (χ4n) is 2.25. The first-order valence-corrected chi connectivity index (χ1v) is 8.73. The van der Waals surface area contributed by atoms with Crippen LogP contribution >= 0.6 is 0 Å². The van der Waals surface area contributed by atoms with E-state index in [-0.39, 0.29) is 35.7 Å². The second-order valence-electron chi connectivity index (χ2n) is 5.19. The zero-order valence-corrected chi connectivity index (χ0v) is 13.4. The molecule has 1 aliphatic rings. The summed E-state index contributed by atoms with van der Waals surface area (Å²) in [7, 11) is -1.66. The molecule has 2 rings (SSSR count). The van der Waals surface area contributed by atoms with Crippen molar-refractivity contribution in [3.63, 3.8) is 0 Å². The fraction of sp³-hybridized carbons (Fsp3) is 0.429. The second kappa shape index (κ2) is 6.86. The maximum atomic E-state index is 12.2. The SMILES string of the molecule is COc1cc(C(=O)NC2CCS(=O)(=O)C2)ccc1OCC(N)=O. The molecule has 1 aromatic rings. The van der Waals surface area contributed by atoms with Crippen molar-refractivity contribution in [1.29, 1.82) is 0 Å². The molecule has 1 unspecified atom stereocenters. The predicted molar refractivity (Wildman–Crippen MR) is 82.2 cm³/mol. The minimum atomic E-state index is -3.06. The van der Waals surface area contributed by atoms with E-state index in [1.807, 2.05) is 0 Å². The lowest BCUT2D eigenvalue weighted by molar-refractivity contribution is -0.119. The summed E-state index contributed by atoms with van der Waals surface area (Å²) in [6.07, 6.45) is 0.408. The molecule has 1 aliphatic heterocycles. The van der Waals surface area contributed by atoms with E-state index in [4.69, 9.17) is 15.2 Å². The first-order chi connectivity index (χ1) is 10.8. The monoisotopic (exact) mass is 342 g/mol. The number of nitrogens with two attached hydrogens (primary N) is 1. The molecular formula is C14H18N2O6S. The van der Waals surface area contributed by atoms with Crippen LogP contribution in [0, 0.1) is 0 Å². The summed E-state index contributed by atoms with van der Waals surface area (Å²) in [6, 6.07) is 4.05. The summed E-state index contributed by atoms with van der Waals surface area (Å²) >= 11 is 0. The lowest BCUT2D eigenvalue weighted by Crippen LogP contribution is -2.35. The molecule has 1 heterocycles. The van der Waals surface area contributed by atoms with Crippen LogP contribution in [0.1, 0.15) is 16.8 Å². The Balaban J connectivity index is 2.07. The van der Waals surface area contributed by atoms with Gasteiger partial charge in [0.25, 0.3) is 11.8 Å². The predicted octanol–water partition coefficient (Wildman–Crippen LogP) is -0.524. The molecule has 9 heteroatoms.